The van der Waals surface area contributed by atoms with Gasteiger partial charge < -0.3 is 15.0 Å². The number of unbranched alkanes of at least 4 members (excludes halogenated alkanes) is 2. The molecule has 7 heteroatoms. The average Bonchev–Trinajstić information content (AvgIpc) is 2.97. The predicted molar refractivity (Wildman–Crippen MR) is 162 cm³/mol. The lowest BCUT2D eigenvalue weighted by Gasteiger charge is -2.37. The third-order valence-electron chi connectivity index (χ3n) is 7.86. The molecule has 3 aromatic carbocycles. The van der Waals surface area contributed by atoms with Crippen molar-refractivity contribution < 1.29 is 13.9 Å². The first kappa shape index (κ1) is 28.3. The van der Waals surface area contributed by atoms with E-state index in [-0.39, 0.29) is 17.8 Å². The molecule has 0 amide bonds. The van der Waals surface area contributed by atoms with Crippen LogP contribution in [-0.2, 0) is 12.8 Å². The molecule has 1 atom stereocenters. The molecule has 5 rings (SSSR count). The maximum absolute atomic E-state index is 13.4. The van der Waals surface area contributed by atoms with Crippen molar-refractivity contribution in [3.05, 3.63) is 106 Å². The number of aryl methyl sites for hydroxylation is 2. The van der Waals surface area contributed by atoms with Crippen molar-refractivity contribution in [3.63, 3.8) is 0 Å². The van der Waals surface area contributed by atoms with Gasteiger partial charge in [-0.05, 0) is 105 Å². The summed E-state index contributed by atoms with van der Waals surface area (Å²) in [6.07, 6.45) is 5.43. The number of hydrogen-bond acceptors (Lipinski definition) is 6. The molecule has 1 unspecified atom stereocenters. The van der Waals surface area contributed by atoms with Crippen molar-refractivity contribution in [2.24, 2.45) is 0 Å². The molecule has 1 aliphatic rings. The van der Waals surface area contributed by atoms with Gasteiger partial charge in [0.2, 0.25) is 5.95 Å². The topological polar surface area (TPSA) is 67.3 Å². The maximum atomic E-state index is 13.4. The molecule has 0 saturated heterocycles. The lowest BCUT2D eigenvalue weighted by Crippen LogP contribution is -2.35. The number of aromatic nitrogens is 2. The number of anilines is 3. The Morgan fingerprint density at radius 3 is 2.51 bits per heavy atom. The lowest BCUT2D eigenvalue weighted by molar-refractivity contribution is 0.0734. The molecule has 0 fully saturated rings. The van der Waals surface area contributed by atoms with Crippen LogP contribution < -0.4 is 15.0 Å². The van der Waals surface area contributed by atoms with Crippen LogP contribution in [0.25, 0.3) is 0 Å². The van der Waals surface area contributed by atoms with Gasteiger partial charge in [0, 0.05) is 23.5 Å². The quantitative estimate of drug-likeness (QED) is 0.129. The van der Waals surface area contributed by atoms with E-state index in [9.17, 15) is 9.18 Å². The highest BCUT2D eigenvalue weighted by Crippen LogP contribution is 2.37. The van der Waals surface area contributed by atoms with Crippen LogP contribution in [0, 0.1) is 19.7 Å². The van der Waals surface area contributed by atoms with Crippen LogP contribution in [0.3, 0.4) is 0 Å². The van der Waals surface area contributed by atoms with Crippen molar-refractivity contribution in [1.82, 2.24) is 9.97 Å². The molecule has 2 heterocycles. The second-order valence-electron chi connectivity index (χ2n) is 10.7. The summed E-state index contributed by atoms with van der Waals surface area (Å²) in [6, 6.07) is 19.8. The van der Waals surface area contributed by atoms with Crippen LogP contribution in [0.2, 0.25) is 0 Å². The fourth-order valence-electron chi connectivity index (χ4n) is 5.31. The average molecular weight is 553 g/mol. The van der Waals surface area contributed by atoms with Gasteiger partial charge in [0.15, 0.2) is 0 Å². The lowest BCUT2D eigenvalue weighted by atomic mass is 9.93. The monoisotopic (exact) mass is 552 g/mol. The molecule has 0 bridgehead atoms. The molecular weight excluding hydrogens is 515 g/mol. The standard InChI is InChI=1S/C34H37FN4O2/c1-5-6-7-8-25-9-11-27(12-10-25)33(40)41-30-18-13-26-19-20-39(24(4)31(26)21-30)32-22(2)23(3)36-34(38-32)37-29-16-14-28(35)15-17-29/h9-18,21,24H,5-8,19-20H2,1-4H3,(H,36,37,38). The van der Waals surface area contributed by atoms with Gasteiger partial charge in [-0.1, -0.05) is 38.0 Å². The van der Waals surface area contributed by atoms with Gasteiger partial charge in [-0.2, -0.15) is 4.98 Å². The Morgan fingerprint density at radius 1 is 1.02 bits per heavy atom. The Kier molecular flexibility index (Phi) is 8.62. The number of carbonyl (C=O) groups excluding carboxylic acids is 1. The first-order chi connectivity index (χ1) is 19.8. The van der Waals surface area contributed by atoms with Crippen molar-refractivity contribution in [3.8, 4) is 5.75 Å². The fraction of sp³-hybridized carbons (Fsp3) is 0.324. The van der Waals surface area contributed by atoms with E-state index in [1.54, 1.807) is 12.1 Å². The number of halogens is 1. The Labute approximate surface area is 241 Å². The van der Waals surface area contributed by atoms with Crippen LogP contribution in [0.4, 0.5) is 21.8 Å². The number of nitrogens with zero attached hydrogens (tertiary/aromatic N) is 3. The molecule has 0 saturated carbocycles. The van der Waals surface area contributed by atoms with Gasteiger partial charge in [0.05, 0.1) is 11.6 Å². The Balaban J connectivity index is 1.33. The number of esters is 1. The molecule has 1 aromatic heterocycles. The minimum absolute atomic E-state index is 0.00600. The minimum atomic E-state index is -0.357. The van der Waals surface area contributed by atoms with Crippen molar-refractivity contribution in [2.75, 3.05) is 16.8 Å². The van der Waals surface area contributed by atoms with Crippen LogP contribution >= 0.6 is 0 Å². The Bertz CT molecular complexity index is 1520. The largest absolute Gasteiger partial charge is 0.423 e. The van der Waals surface area contributed by atoms with Gasteiger partial charge in [-0.3, -0.25) is 0 Å². The second-order valence-corrected chi connectivity index (χ2v) is 10.7. The first-order valence-electron chi connectivity index (χ1n) is 14.4. The van der Waals surface area contributed by atoms with Crippen LogP contribution in [0.1, 0.15) is 77.5 Å². The number of hydrogen-bond donors (Lipinski definition) is 1. The summed E-state index contributed by atoms with van der Waals surface area (Å²) in [5.41, 5.74) is 6.72. The third kappa shape index (κ3) is 6.56. The zero-order valence-electron chi connectivity index (χ0n) is 24.2. The highest BCUT2D eigenvalue weighted by atomic mass is 19.1. The molecule has 6 nitrogen and oxygen atoms in total. The SMILES string of the molecule is CCCCCc1ccc(C(=O)Oc2ccc3c(c2)C(C)N(c2nc(Nc4ccc(F)cc4)nc(C)c2C)CC3)cc1. The highest BCUT2D eigenvalue weighted by molar-refractivity contribution is 5.91. The molecule has 0 spiro atoms. The number of nitrogens with one attached hydrogen (secondary N) is 1. The Hall–Kier alpha value is -4.26. The summed E-state index contributed by atoms with van der Waals surface area (Å²) in [5.74, 6) is 1.19. The number of benzene rings is 3. The van der Waals surface area contributed by atoms with Gasteiger partial charge in [-0.25, -0.2) is 14.2 Å². The molecule has 0 aliphatic carbocycles. The van der Waals surface area contributed by atoms with Crippen molar-refractivity contribution in [2.45, 2.75) is 65.8 Å². The Morgan fingerprint density at radius 2 is 1.78 bits per heavy atom. The smallest absolute Gasteiger partial charge is 0.343 e. The van der Waals surface area contributed by atoms with Gasteiger partial charge in [-0.15, -0.1) is 0 Å². The summed E-state index contributed by atoms with van der Waals surface area (Å²) >= 11 is 0. The van der Waals surface area contributed by atoms with Gasteiger partial charge >= 0.3 is 5.97 Å². The first-order valence-corrected chi connectivity index (χ1v) is 14.4. The number of ether oxygens (including phenoxy) is 1. The van der Waals surface area contributed by atoms with E-state index in [4.69, 9.17) is 9.72 Å². The zero-order chi connectivity index (χ0) is 28.9. The molecule has 1 N–H and O–H groups in total. The van der Waals surface area contributed by atoms with E-state index in [0.29, 0.717) is 17.3 Å². The molecule has 1 aliphatic heterocycles. The van der Waals surface area contributed by atoms with Crippen LogP contribution in [0.15, 0.2) is 66.7 Å². The number of carbonyl (C=O) groups is 1. The van der Waals surface area contributed by atoms with Gasteiger partial charge in [0.1, 0.15) is 17.4 Å². The van der Waals surface area contributed by atoms with E-state index >= 15 is 0 Å². The molecule has 0 radical (unpaired) electrons. The number of rotatable bonds is 9. The summed E-state index contributed by atoms with van der Waals surface area (Å²) in [7, 11) is 0. The fourth-order valence-corrected chi connectivity index (χ4v) is 5.31. The van der Waals surface area contributed by atoms with Gasteiger partial charge in [0.25, 0.3) is 0 Å². The third-order valence-corrected chi connectivity index (χ3v) is 7.86. The molecular formula is C34H37FN4O2. The normalized spacial score (nSPS) is 14.5. The van der Waals surface area contributed by atoms with E-state index in [0.717, 1.165) is 54.1 Å². The molecule has 212 valence electrons. The summed E-state index contributed by atoms with van der Waals surface area (Å²) in [5, 5.41) is 3.20. The predicted octanol–water partition coefficient (Wildman–Crippen LogP) is 8.05. The molecule has 4 aromatic rings. The highest BCUT2D eigenvalue weighted by Gasteiger charge is 2.28. The van der Waals surface area contributed by atoms with Crippen molar-refractivity contribution >= 4 is 23.4 Å². The maximum Gasteiger partial charge on any atom is 0.343 e. The summed E-state index contributed by atoms with van der Waals surface area (Å²) in [6.45, 7) is 9.13. The second kappa shape index (κ2) is 12.5. The minimum Gasteiger partial charge on any atom is -0.423 e. The van der Waals surface area contributed by atoms with E-state index in [1.807, 2.05) is 50.2 Å². The van der Waals surface area contributed by atoms with E-state index in [2.05, 4.69) is 35.1 Å². The van der Waals surface area contributed by atoms with Crippen LogP contribution in [-0.4, -0.2) is 22.5 Å². The van der Waals surface area contributed by atoms with Crippen molar-refractivity contribution in [1.29, 1.82) is 0 Å². The molecule has 41 heavy (non-hydrogen) atoms. The summed E-state index contributed by atoms with van der Waals surface area (Å²) in [4.78, 5) is 24.7. The zero-order valence-corrected chi connectivity index (χ0v) is 24.2. The number of fused-ring (bicyclic) bond motifs is 1. The summed E-state index contributed by atoms with van der Waals surface area (Å²) < 4.78 is 19.2. The van der Waals surface area contributed by atoms with Crippen LogP contribution in [0.5, 0.6) is 5.75 Å². The van der Waals surface area contributed by atoms with E-state index in [1.165, 1.54) is 36.1 Å². The van der Waals surface area contributed by atoms with E-state index < -0.39 is 0 Å².